The molecule has 2 amide bonds. The Bertz CT molecular complexity index is 934. The van der Waals surface area contributed by atoms with E-state index in [9.17, 15) is 4.79 Å². The van der Waals surface area contributed by atoms with Crippen molar-refractivity contribution in [3.63, 3.8) is 0 Å². The number of carbonyl (C=O) groups excluding carboxylic acids is 1. The molecule has 0 fully saturated rings. The number of benzene rings is 1. The summed E-state index contributed by atoms with van der Waals surface area (Å²) < 4.78 is 1.62. The minimum Gasteiger partial charge on any atom is -0.334 e. The fraction of sp³-hybridized carbons (Fsp3) is 0.211. The highest BCUT2D eigenvalue weighted by molar-refractivity contribution is 5.88. The van der Waals surface area contributed by atoms with Crippen LogP contribution in [0.25, 0.3) is 5.82 Å². The average molecular weight is 348 g/mol. The van der Waals surface area contributed by atoms with Crippen molar-refractivity contribution in [2.45, 2.75) is 26.6 Å². The Balaban J connectivity index is 1.42. The predicted octanol–water partition coefficient (Wildman–Crippen LogP) is 2.50. The van der Waals surface area contributed by atoms with Crippen molar-refractivity contribution in [1.82, 2.24) is 25.4 Å². The van der Waals surface area contributed by atoms with Gasteiger partial charge in [0.15, 0.2) is 5.82 Å². The molecule has 0 saturated carbocycles. The third-order valence-corrected chi connectivity index (χ3v) is 4.29. The molecule has 26 heavy (non-hydrogen) atoms. The number of aryl methyl sites for hydroxylation is 1. The van der Waals surface area contributed by atoms with E-state index in [-0.39, 0.29) is 6.03 Å². The first-order valence-corrected chi connectivity index (χ1v) is 8.53. The van der Waals surface area contributed by atoms with E-state index in [1.807, 2.05) is 31.2 Å². The molecule has 3 N–H and O–H groups in total. The number of urea groups is 1. The van der Waals surface area contributed by atoms with Gasteiger partial charge in [0, 0.05) is 31.9 Å². The van der Waals surface area contributed by atoms with Gasteiger partial charge < -0.3 is 10.6 Å². The van der Waals surface area contributed by atoms with Gasteiger partial charge in [0.05, 0.1) is 5.69 Å². The molecule has 2 aromatic heterocycles. The van der Waals surface area contributed by atoms with Crippen molar-refractivity contribution >= 4 is 11.8 Å². The molecule has 0 radical (unpaired) electrons. The van der Waals surface area contributed by atoms with Gasteiger partial charge in [-0.15, -0.1) is 0 Å². The minimum absolute atomic E-state index is 0.277. The van der Waals surface area contributed by atoms with E-state index in [1.165, 1.54) is 11.1 Å². The summed E-state index contributed by atoms with van der Waals surface area (Å²) in [5, 5.41) is 13.5. The molecule has 7 heteroatoms. The van der Waals surface area contributed by atoms with Gasteiger partial charge in [0.25, 0.3) is 0 Å². The van der Waals surface area contributed by atoms with E-state index < -0.39 is 0 Å². The van der Waals surface area contributed by atoms with E-state index >= 15 is 0 Å². The highest BCUT2D eigenvalue weighted by Gasteiger charge is 2.13. The van der Waals surface area contributed by atoms with Crippen LogP contribution >= 0.6 is 0 Å². The van der Waals surface area contributed by atoms with Crippen molar-refractivity contribution in [3.05, 3.63) is 71.0 Å². The molecule has 0 bridgehead atoms. The summed E-state index contributed by atoms with van der Waals surface area (Å²) in [6, 6.07) is 13.4. The first-order valence-electron chi connectivity index (χ1n) is 8.53. The highest BCUT2D eigenvalue weighted by atomic mass is 16.2. The molecule has 1 aromatic carbocycles. The Hall–Kier alpha value is -3.19. The SMILES string of the molecule is Cc1cc(NC(=O)NCc2ccc3c(c2)CNC3)n(-c2ccccn2)n1. The normalized spacial score (nSPS) is 12.7. The number of nitrogens with zero attached hydrogens (tertiary/aromatic N) is 3. The zero-order valence-electron chi connectivity index (χ0n) is 14.5. The van der Waals surface area contributed by atoms with E-state index in [0.717, 1.165) is 24.3 Å². The molecule has 3 aromatic rings. The number of aromatic nitrogens is 3. The largest absolute Gasteiger partial charge is 0.334 e. The van der Waals surface area contributed by atoms with Gasteiger partial charge in [-0.05, 0) is 35.7 Å². The van der Waals surface area contributed by atoms with E-state index in [1.54, 1.807) is 10.9 Å². The number of nitrogens with one attached hydrogen (secondary N) is 3. The molecule has 4 rings (SSSR count). The van der Waals surface area contributed by atoms with E-state index in [4.69, 9.17) is 0 Å². The molecule has 0 saturated heterocycles. The molecule has 1 aliphatic rings. The Morgan fingerprint density at radius 1 is 1.19 bits per heavy atom. The summed E-state index contributed by atoms with van der Waals surface area (Å²) in [6.07, 6.45) is 1.69. The third kappa shape index (κ3) is 3.43. The molecule has 0 atom stereocenters. The summed E-state index contributed by atoms with van der Waals surface area (Å²) in [5.41, 5.74) is 4.51. The summed E-state index contributed by atoms with van der Waals surface area (Å²) in [7, 11) is 0. The van der Waals surface area contributed by atoms with Crippen LogP contribution in [-0.2, 0) is 19.6 Å². The molecule has 0 unspecified atom stereocenters. The molecule has 3 heterocycles. The van der Waals surface area contributed by atoms with Crippen molar-refractivity contribution in [3.8, 4) is 5.82 Å². The van der Waals surface area contributed by atoms with Gasteiger partial charge in [-0.25, -0.2) is 9.78 Å². The molecule has 0 spiro atoms. The van der Waals surface area contributed by atoms with Crippen LogP contribution in [-0.4, -0.2) is 20.8 Å². The number of rotatable bonds is 4. The van der Waals surface area contributed by atoms with Gasteiger partial charge in [0.1, 0.15) is 5.82 Å². The second-order valence-corrected chi connectivity index (χ2v) is 6.28. The van der Waals surface area contributed by atoms with Crippen LogP contribution in [0.5, 0.6) is 0 Å². The van der Waals surface area contributed by atoms with Crippen molar-refractivity contribution in [1.29, 1.82) is 0 Å². The van der Waals surface area contributed by atoms with Gasteiger partial charge in [-0.1, -0.05) is 24.3 Å². The Kier molecular flexibility index (Phi) is 4.37. The van der Waals surface area contributed by atoms with Crippen molar-refractivity contribution < 1.29 is 4.79 Å². The van der Waals surface area contributed by atoms with Gasteiger partial charge in [-0.2, -0.15) is 9.78 Å². The fourth-order valence-electron chi connectivity index (χ4n) is 3.04. The van der Waals surface area contributed by atoms with Crippen LogP contribution in [0.15, 0.2) is 48.7 Å². The van der Waals surface area contributed by atoms with Crippen LogP contribution in [0.3, 0.4) is 0 Å². The van der Waals surface area contributed by atoms with Crippen molar-refractivity contribution in [2.24, 2.45) is 0 Å². The quantitative estimate of drug-likeness (QED) is 0.676. The number of pyridine rings is 1. The lowest BCUT2D eigenvalue weighted by Gasteiger charge is -2.10. The summed E-state index contributed by atoms with van der Waals surface area (Å²) in [6.45, 7) is 4.15. The lowest BCUT2D eigenvalue weighted by Crippen LogP contribution is -2.29. The fourth-order valence-corrected chi connectivity index (χ4v) is 3.04. The third-order valence-electron chi connectivity index (χ3n) is 4.29. The van der Waals surface area contributed by atoms with Crippen molar-refractivity contribution in [2.75, 3.05) is 5.32 Å². The van der Waals surface area contributed by atoms with Crippen LogP contribution < -0.4 is 16.0 Å². The molecule has 0 aliphatic carbocycles. The molecule has 1 aliphatic heterocycles. The second kappa shape index (κ2) is 6.97. The zero-order chi connectivity index (χ0) is 17.9. The van der Waals surface area contributed by atoms with Crippen LogP contribution in [0, 0.1) is 6.92 Å². The first kappa shape index (κ1) is 16.3. The maximum atomic E-state index is 12.3. The van der Waals surface area contributed by atoms with Crippen LogP contribution in [0.2, 0.25) is 0 Å². The lowest BCUT2D eigenvalue weighted by atomic mass is 10.1. The van der Waals surface area contributed by atoms with Gasteiger partial charge >= 0.3 is 6.03 Å². The molecule has 132 valence electrons. The molecular weight excluding hydrogens is 328 g/mol. The Morgan fingerprint density at radius 2 is 2.08 bits per heavy atom. The number of carbonyl (C=O) groups is 1. The number of fused-ring (bicyclic) bond motifs is 1. The summed E-state index contributed by atoms with van der Waals surface area (Å²) >= 11 is 0. The Morgan fingerprint density at radius 3 is 2.92 bits per heavy atom. The van der Waals surface area contributed by atoms with Crippen LogP contribution in [0.4, 0.5) is 10.6 Å². The highest BCUT2D eigenvalue weighted by Crippen LogP contribution is 2.17. The summed E-state index contributed by atoms with van der Waals surface area (Å²) in [4.78, 5) is 16.6. The van der Waals surface area contributed by atoms with Gasteiger partial charge in [-0.3, -0.25) is 5.32 Å². The average Bonchev–Trinajstić information content (AvgIpc) is 3.26. The molecular formula is C19H20N6O. The van der Waals surface area contributed by atoms with Crippen LogP contribution in [0.1, 0.15) is 22.4 Å². The maximum absolute atomic E-state index is 12.3. The first-order chi connectivity index (χ1) is 12.7. The number of anilines is 1. The summed E-state index contributed by atoms with van der Waals surface area (Å²) in [5.74, 6) is 1.24. The van der Waals surface area contributed by atoms with Gasteiger partial charge in [0.2, 0.25) is 0 Å². The second-order valence-electron chi connectivity index (χ2n) is 6.28. The maximum Gasteiger partial charge on any atom is 0.320 e. The standard InChI is InChI=1S/C19H20N6O/c1-13-8-18(25(24-13)17-4-2-3-7-21-17)23-19(26)22-10-14-5-6-15-11-20-12-16(15)9-14/h2-9,20H,10-12H2,1H3,(H2,22,23,26). The Labute approximate surface area is 151 Å². The zero-order valence-corrected chi connectivity index (χ0v) is 14.5. The minimum atomic E-state index is -0.277. The van der Waals surface area contributed by atoms with E-state index in [2.05, 4.69) is 44.2 Å². The number of hydrogen-bond donors (Lipinski definition) is 3. The predicted molar refractivity (Wildman–Crippen MR) is 98.9 cm³/mol. The van der Waals surface area contributed by atoms with E-state index in [0.29, 0.717) is 18.2 Å². The lowest BCUT2D eigenvalue weighted by molar-refractivity contribution is 0.251. The smallest absolute Gasteiger partial charge is 0.320 e. The monoisotopic (exact) mass is 348 g/mol. The number of amides is 2. The number of hydrogen-bond acceptors (Lipinski definition) is 4. The molecule has 7 nitrogen and oxygen atoms in total. The topological polar surface area (TPSA) is 83.9 Å².